The van der Waals surface area contributed by atoms with Crippen LogP contribution >= 0.6 is 11.3 Å². The van der Waals surface area contributed by atoms with E-state index in [1.54, 1.807) is 22.3 Å². The minimum Gasteiger partial charge on any atom is -0.352 e. The van der Waals surface area contributed by atoms with Crippen molar-refractivity contribution in [2.24, 2.45) is 7.05 Å². The summed E-state index contributed by atoms with van der Waals surface area (Å²) in [5.74, 6) is 0.961. The number of aryl methyl sites for hydroxylation is 2. The van der Waals surface area contributed by atoms with Crippen molar-refractivity contribution in [1.82, 2.24) is 29.6 Å². The summed E-state index contributed by atoms with van der Waals surface area (Å²) in [6, 6.07) is 13.9. The van der Waals surface area contributed by atoms with Crippen LogP contribution in [0.25, 0.3) is 32.5 Å². The highest BCUT2D eigenvalue weighted by Crippen LogP contribution is 2.30. The number of hydrogen-bond acceptors (Lipinski definition) is 7. The molecular formula is C25H23N7OS. The van der Waals surface area contributed by atoms with Gasteiger partial charge in [-0.2, -0.15) is 5.10 Å². The Morgan fingerprint density at radius 2 is 1.82 bits per heavy atom. The number of piperazine rings is 1. The van der Waals surface area contributed by atoms with Gasteiger partial charge in [-0.15, -0.1) is 11.3 Å². The maximum atomic E-state index is 13.8. The van der Waals surface area contributed by atoms with Gasteiger partial charge >= 0.3 is 0 Å². The predicted octanol–water partition coefficient (Wildman–Crippen LogP) is 3.91. The Labute approximate surface area is 200 Å². The zero-order chi connectivity index (χ0) is 23.2. The van der Waals surface area contributed by atoms with E-state index in [-0.39, 0.29) is 5.91 Å². The van der Waals surface area contributed by atoms with Crippen LogP contribution in [0.4, 0.5) is 5.82 Å². The van der Waals surface area contributed by atoms with Crippen LogP contribution in [0, 0.1) is 6.92 Å². The molecule has 0 aliphatic carbocycles. The molecule has 0 N–H and O–H groups in total. The lowest BCUT2D eigenvalue weighted by atomic mass is 10.0. The van der Waals surface area contributed by atoms with E-state index >= 15 is 0 Å². The van der Waals surface area contributed by atoms with Gasteiger partial charge in [0.25, 0.3) is 5.91 Å². The average molecular weight is 470 g/mol. The Morgan fingerprint density at radius 3 is 2.62 bits per heavy atom. The maximum absolute atomic E-state index is 13.8. The third kappa shape index (κ3) is 3.40. The first-order chi connectivity index (χ1) is 16.6. The van der Waals surface area contributed by atoms with E-state index in [1.165, 1.54) is 0 Å². The molecule has 1 aromatic carbocycles. The monoisotopic (exact) mass is 469 g/mol. The second-order valence-electron chi connectivity index (χ2n) is 8.44. The van der Waals surface area contributed by atoms with Gasteiger partial charge in [0.1, 0.15) is 17.0 Å². The van der Waals surface area contributed by atoms with Gasteiger partial charge in [0.15, 0.2) is 5.65 Å². The third-order valence-electron chi connectivity index (χ3n) is 6.38. The van der Waals surface area contributed by atoms with E-state index in [0.717, 1.165) is 57.1 Å². The molecule has 1 saturated heterocycles. The standard InChI is InChI=1S/C25H23N7OS/c1-16-21-19(14-20(17-6-4-3-5-7-17)28-23(21)30(2)29-16)25(33)32-11-9-31(10-12-32)22-18-8-13-34-24(18)27-15-26-22/h3-8,13-15H,9-12H2,1-2H3. The van der Waals surface area contributed by atoms with Crippen LogP contribution in [0.1, 0.15) is 16.1 Å². The van der Waals surface area contributed by atoms with E-state index in [2.05, 4.69) is 26.0 Å². The fourth-order valence-corrected chi connectivity index (χ4v) is 5.42. The Morgan fingerprint density at radius 1 is 1.03 bits per heavy atom. The van der Waals surface area contributed by atoms with Crippen LogP contribution < -0.4 is 4.90 Å². The highest BCUT2D eigenvalue weighted by Gasteiger charge is 2.27. The normalized spacial score (nSPS) is 14.3. The first-order valence-electron chi connectivity index (χ1n) is 11.2. The molecule has 34 heavy (non-hydrogen) atoms. The van der Waals surface area contributed by atoms with Crippen molar-refractivity contribution >= 4 is 44.3 Å². The number of nitrogens with zero attached hydrogens (tertiary/aromatic N) is 7. The van der Waals surface area contributed by atoms with Gasteiger partial charge in [0, 0.05) is 38.8 Å². The number of anilines is 1. The first kappa shape index (κ1) is 20.7. The Bertz CT molecular complexity index is 1520. The van der Waals surface area contributed by atoms with Crippen molar-refractivity contribution in [3.8, 4) is 11.3 Å². The molecule has 8 nitrogen and oxygen atoms in total. The zero-order valence-electron chi connectivity index (χ0n) is 19.0. The van der Waals surface area contributed by atoms with Gasteiger partial charge < -0.3 is 9.80 Å². The van der Waals surface area contributed by atoms with Gasteiger partial charge in [-0.3, -0.25) is 9.48 Å². The summed E-state index contributed by atoms with van der Waals surface area (Å²) >= 11 is 1.62. The molecule has 6 rings (SSSR count). The van der Waals surface area contributed by atoms with Crippen molar-refractivity contribution in [1.29, 1.82) is 0 Å². The Kier molecular flexibility index (Phi) is 4.99. The van der Waals surface area contributed by atoms with E-state index in [0.29, 0.717) is 18.7 Å². The third-order valence-corrected chi connectivity index (χ3v) is 7.20. The summed E-state index contributed by atoms with van der Waals surface area (Å²) in [6.45, 7) is 4.62. The lowest BCUT2D eigenvalue weighted by Crippen LogP contribution is -2.49. The SMILES string of the molecule is Cc1nn(C)c2nc(-c3ccccc3)cc(C(=O)N3CCN(c4ncnc5sccc45)CC3)c12. The number of pyridine rings is 1. The average Bonchev–Trinajstić information content (AvgIpc) is 3.48. The lowest BCUT2D eigenvalue weighted by molar-refractivity contribution is 0.0748. The highest BCUT2D eigenvalue weighted by molar-refractivity contribution is 7.16. The quantitative estimate of drug-likeness (QED) is 0.399. The van der Waals surface area contributed by atoms with Crippen molar-refractivity contribution < 1.29 is 4.79 Å². The van der Waals surface area contributed by atoms with Crippen molar-refractivity contribution in [2.45, 2.75) is 6.92 Å². The fourth-order valence-electron chi connectivity index (χ4n) is 4.69. The Hall–Kier alpha value is -3.85. The number of fused-ring (bicyclic) bond motifs is 2. The summed E-state index contributed by atoms with van der Waals surface area (Å²) < 4.78 is 1.76. The van der Waals surface area contributed by atoms with E-state index < -0.39 is 0 Å². The van der Waals surface area contributed by atoms with E-state index in [1.807, 2.05) is 60.6 Å². The number of hydrogen-bond donors (Lipinski definition) is 0. The Balaban J connectivity index is 1.32. The van der Waals surface area contributed by atoms with Gasteiger partial charge in [-0.1, -0.05) is 30.3 Å². The second-order valence-corrected chi connectivity index (χ2v) is 9.34. The van der Waals surface area contributed by atoms with Gasteiger partial charge in [-0.25, -0.2) is 15.0 Å². The first-order valence-corrected chi connectivity index (χ1v) is 12.1. The van der Waals surface area contributed by atoms with Gasteiger partial charge in [0.2, 0.25) is 0 Å². The number of amides is 1. The molecule has 0 unspecified atom stereocenters. The molecule has 1 aliphatic rings. The van der Waals surface area contributed by atoms with Crippen LogP contribution in [0.15, 0.2) is 54.2 Å². The molecular weight excluding hydrogens is 446 g/mol. The number of thiophene rings is 1. The smallest absolute Gasteiger partial charge is 0.254 e. The molecule has 0 radical (unpaired) electrons. The molecule has 0 spiro atoms. The van der Waals surface area contributed by atoms with Crippen molar-refractivity contribution in [2.75, 3.05) is 31.1 Å². The van der Waals surface area contributed by atoms with Crippen LogP contribution in [-0.4, -0.2) is 61.7 Å². The van der Waals surface area contributed by atoms with E-state index in [4.69, 9.17) is 4.98 Å². The number of aromatic nitrogens is 5. The van der Waals surface area contributed by atoms with Crippen molar-refractivity contribution in [3.05, 3.63) is 65.4 Å². The lowest BCUT2D eigenvalue weighted by Gasteiger charge is -2.35. The number of rotatable bonds is 3. The van der Waals surface area contributed by atoms with Crippen LogP contribution in [-0.2, 0) is 7.05 Å². The van der Waals surface area contributed by atoms with Crippen molar-refractivity contribution in [3.63, 3.8) is 0 Å². The molecule has 1 aliphatic heterocycles. The topological polar surface area (TPSA) is 80.0 Å². The minimum absolute atomic E-state index is 0.0173. The maximum Gasteiger partial charge on any atom is 0.254 e. The fraction of sp³-hybridized carbons (Fsp3) is 0.240. The number of benzene rings is 1. The van der Waals surface area contributed by atoms with Gasteiger partial charge in [0.05, 0.1) is 27.7 Å². The zero-order valence-corrected chi connectivity index (χ0v) is 19.8. The van der Waals surface area contributed by atoms with Crippen LogP contribution in [0.2, 0.25) is 0 Å². The summed E-state index contributed by atoms with van der Waals surface area (Å²) in [4.78, 5) is 32.7. The predicted molar refractivity (Wildman–Crippen MR) is 134 cm³/mol. The van der Waals surface area contributed by atoms with E-state index in [9.17, 15) is 4.79 Å². The molecule has 9 heteroatoms. The summed E-state index contributed by atoms with van der Waals surface area (Å²) in [7, 11) is 1.87. The molecule has 170 valence electrons. The summed E-state index contributed by atoms with van der Waals surface area (Å²) in [5.41, 5.74) is 3.95. The van der Waals surface area contributed by atoms with Crippen LogP contribution in [0.5, 0.6) is 0 Å². The largest absolute Gasteiger partial charge is 0.352 e. The van der Waals surface area contributed by atoms with Gasteiger partial charge in [-0.05, 0) is 24.4 Å². The number of carbonyl (C=O) groups is 1. The molecule has 5 aromatic rings. The summed E-state index contributed by atoms with van der Waals surface area (Å²) in [5, 5.41) is 8.49. The molecule has 1 amide bonds. The summed E-state index contributed by atoms with van der Waals surface area (Å²) in [6.07, 6.45) is 1.62. The molecule has 0 saturated carbocycles. The second kappa shape index (κ2) is 8.18. The number of carbonyl (C=O) groups excluding carboxylic acids is 1. The molecule has 1 fully saturated rings. The molecule has 4 aromatic heterocycles. The minimum atomic E-state index is 0.0173. The molecule has 0 atom stereocenters. The highest BCUT2D eigenvalue weighted by atomic mass is 32.1. The van der Waals surface area contributed by atoms with Crippen LogP contribution in [0.3, 0.4) is 0 Å². The molecule has 0 bridgehead atoms. The molecule has 5 heterocycles.